The van der Waals surface area contributed by atoms with Gasteiger partial charge in [-0.25, -0.2) is 0 Å². The van der Waals surface area contributed by atoms with Crippen molar-refractivity contribution in [2.24, 2.45) is 28.8 Å². The number of carbonyl (C=O) groups is 2. The number of rotatable bonds is 4. The van der Waals surface area contributed by atoms with Crippen molar-refractivity contribution in [2.45, 2.75) is 26.4 Å². The summed E-state index contributed by atoms with van der Waals surface area (Å²) in [6.45, 7) is 3.93. The largest absolute Gasteiger partial charge is 0.490 e. The van der Waals surface area contributed by atoms with Crippen LogP contribution in [0.1, 0.15) is 25.8 Å². The average Bonchev–Trinajstić information content (AvgIpc) is 3.23. The maximum absolute atomic E-state index is 12.6. The molecule has 6 heteroatoms. The van der Waals surface area contributed by atoms with Crippen LogP contribution in [0.3, 0.4) is 0 Å². The van der Waals surface area contributed by atoms with Crippen LogP contribution in [0.4, 0.5) is 0 Å². The van der Waals surface area contributed by atoms with Crippen LogP contribution in [-0.4, -0.2) is 29.1 Å². The van der Waals surface area contributed by atoms with Gasteiger partial charge in [0.25, 0.3) is 11.8 Å². The standard InChI is InChI=1S/C19H19BrN2O3/c1-10(2)25-15-6-3-11(7-14(15)20)9-21-22-18(23)16-12-4-5-13(8-12)17(16)19(22)24/h3-7,9-10,12-13,16-17H,8H2,1-2H3/t12-,13-,16-,17+/m0/s1. The highest BCUT2D eigenvalue weighted by Gasteiger charge is 2.59. The number of nitrogens with zero attached hydrogens (tertiary/aromatic N) is 2. The number of benzene rings is 1. The highest BCUT2D eigenvalue weighted by atomic mass is 79.9. The molecular weight excluding hydrogens is 384 g/mol. The van der Waals surface area contributed by atoms with Crippen LogP contribution >= 0.6 is 15.9 Å². The molecule has 0 aromatic heterocycles. The molecule has 2 bridgehead atoms. The fourth-order valence-electron chi connectivity index (χ4n) is 4.07. The van der Waals surface area contributed by atoms with Gasteiger partial charge in [0.2, 0.25) is 0 Å². The highest BCUT2D eigenvalue weighted by molar-refractivity contribution is 9.10. The second-order valence-electron chi connectivity index (χ2n) is 7.09. The zero-order valence-electron chi connectivity index (χ0n) is 14.1. The molecule has 3 aliphatic rings. The number of allylic oxidation sites excluding steroid dienone is 2. The van der Waals surface area contributed by atoms with E-state index in [1.165, 1.54) is 0 Å². The summed E-state index contributed by atoms with van der Waals surface area (Å²) in [6, 6.07) is 5.55. The maximum Gasteiger partial charge on any atom is 0.254 e. The van der Waals surface area contributed by atoms with E-state index in [-0.39, 0.29) is 41.6 Å². The first-order valence-electron chi connectivity index (χ1n) is 8.52. The van der Waals surface area contributed by atoms with Crippen molar-refractivity contribution in [1.82, 2.24) is 5.01 Å². The molecule has 1 aliphatic heterocycles. The lowest BCUT2D eigenvalue weighted by atomic mass is 9.85. The second kappa shape index (κ2) is 6.09. The minimum Gasteiger partial charge on any atom is -0.490 e. The number of fused-ring (bicyclic) bond motifs is 5. The Kier molecular flexibility index (Phi) is 4.02. The number of carbonyl (C=O) groups excluding carboxylic acids is 2. The van der Waals surface area contributed by atoms with E-state index >= 15 is 0 Å². The molecule has 4 atom stereocenters. The molecule has 2 aliphatic carbocycles. The zero-order valence-corrected chi connectivity index (χ0v) is 15.6. The summed E-state index contributed by atoms with van der Waals surface area (Å²) in [5, 5.41) is 5.25. The van der Waals surface area contributed by atoms with Crippen molar-refractivity contribution in [1.29, 1.82) is 0 Å². The first-order chi connectivity index (χ1) is 12.0. The lowest BCUT2D eigenvalue weighted by molar-refractivity contribution is -0.140. The lowest BCUT2D eigenvalue weighted by Gasteiger charge is -2.13. The molecule has 0 spiro atoms. The van der Waals surface area contributed by atoms with Gasteiger partial charge in [0.1, 0.15) is 5.75 Å². The number of hydrogen-bond acceptors (Lipinski definition) is 4. The highest BCUT2D eigenvalue weighted by Crippen LogP contribution is 2.52. The van der Waals surface area contributed by atoms with Crippen LogP contribution in [0.5, 0.6) is 5.75 Å². The molecule has 4 rings (SSSR count). The number of hydrazone groups is 1. The van der Waals surface area contributed by atoms with Crippen molar-refractivity contribution in [2.75, 3.05) is 0 Å². The van der Waals surface area contributed by atoms with Crippen molar-refractivity contribution in [3.05, 3.63) is 40.4 Å². The van der Waals surface area contributed by atoms with Gasteiger partial charge in [0.15, 0.2) is 0 Å². The topological polar surface area (TPSA) is 59.0 Å². The first-order valence-corrected chi connectivity index (χ1v) is 9.31. The predicted molar refractivity (Wildman–Crippen MR) is 97.1 cm³/mol. The summed E-state index contributed by atoms with van der Waals surface area (Å²) in [4.78, 5) is 25.2. The van der Waals surface area contributed by atoms with E-state index < -0.39 is 0 Å². The van der Waals surface area contributed by atoms with Gasteiger partial charge >= 0.3 is 0 Å². The summed E-state index contributed by atoms with van der Waals surface area (Å²) < 4.78 is 6.48. The van der Waals surface area contributed by atoms with E-state index in [1.807, 2.05) is 32.0 Å². The molecule has 25 heavy (non-hydrogen) atoms. The van der Waals surface area contributed by atoms with Gasteiger partial charge in [-0.3, -0.25) is 9.59 Å². The lowest BCUT2D eigenvalue weighted by Crippen LogP contribution is -2.28. The van der Waals surface area contributed by atoms with Gasteiger partial charge in [-0.1, -0.05) is 12.2 Å². The number of imide groups is 1. The smallest absolute Gasteiger partial charge is 0.254 e. The molecule has 0 N–H and O–H groups in total. The van der Waals surface area contributed by atoms with Crippen LogP contribution in [0.2, 0.25) is 0 Å². The van der Waals surface area contributed by atoms with Gasteiger partial charge in [-0.05, 0) is 71.8 Å². The number of amides is 2. The Balaban J connectivity index is 1.52. The summed E-state index contributed by atoms with van der Waals surface area (Å²) in [6.07, 6.45) is 6.72. The molecule has 0 unspecified atom stereocenters. The third kappa shape index (κ3) is 2.72. The minimum atomic E-state index is -0.215. The van der Waals surface area contributed by atoms with E-state index in [0.717, 1.165) is 27.2 Å². The Hall–Kier alpha value is -1.95. The molecule has 130 valence electrons. The Labute approximate surface area is 154 Å². The van der Waals surface area contributed by atoms with Gasteiger partial charge in [-0.15, -0.1) is 0 Å². The molecule has 1 saturated heterocycles. The van der Waals surface area contributed by atoms with Crippen molar-refractivity contribution < 1.29 is 14.3 Å². The van der Waals surface area contributed by atoms with Gasteiger partial charge < -0.3 is 4.74 Å². The van der Waals surface area contributed by atoms with E-state index in [2.05, 4.69) is 33.2 Å². The fourth-order valence-corrected chi connectivity index (χ4v) is 4.56. The van der Waals surface area contributed by atoms with Crippen LogP contribution in [0.15, 0.2) is 39.9 Å². The molecule has 5 nitrogen and oxygen atoms in total. The fraction of sp³-hybridized carbons (Fsp3) is 0.421. The Bertz CT molecular complexity index is 772. The van der Waals surface area contributed by atoms with Crippen LogP contribution < -0.4 is 4.74 Å². The maximum atomic E-state index is 12.6. The second-order valence-corrected chi connectivity index (χ2v) is 7.94. The molecular formula is C19H19BrN2O3. The monoisotopic (exact) mass is 402 g/mol. The van der Waals surface area contributed by atoms with Gasteiger partial charge in [-0.2, -0.15) is 10.1 Å². The summed E-state index contributed by atoms with van der Waals surface area (Å²) in [5.41, 5.74) is 0.793. The minimum absolute atomic E-state index is 0.0825. The van der Waals surface area contributed by atoms with Crippen LogP contribution in [0, 0.1) is 23.7 Å². The summed E-state index contributed by atoms with van der Waals surface area (Å²) >= 11 is 3.47. The Morgan fingerprint density at radius 3 is 2.40 bits per heavy atom. The zero-order chi connectivity index (χ0) is 17.7. The van der Waals surface area contributed by atoms with Gasteiger partial charge in [0, 0.05) is 0 Å². The summed E-state index contributed by atoms with van der Waals surface area (Å²) in [7, 11) is 0. The molecule has 2 amide bonds. The molecule has 1 heterocycles. The average molecular weight is 403 g/mol. The number of halogens is 1. The van der Waals surface area contributed by atoms with Crippen molar-refractivity contribution in [3.63, 3.8) is 0 Å². The number of hydrogen-bond donors (Lipinski definition) is 0. The number of ether oxygens (including phenoxy) is 1. The molecule has 1 aromatic carbocycles. The third-order valence-electron chi connectivity index (χ3n) is 5.09. The van der Waals surface area contributed by atoms with E-state index in [4.69, 9.17) is 4.74 Å². The van der Waals surface area contributed by atoms with Crippen LogP contribution in [0.25, 0.3) is 0 Å². The quantitative estimate of drug-likeness (QED) is 0.440. The van der Waals surface area contributed by atoms with E-state index in [1.54, 1.807) is 6.21 Å². The SMILES string of the molecule is CC(C)Oc1ccc(C=NN2C(=O)[C@@H]3[C@H](C2=O)[C@H]2C=C[C@H]3C2)cc1Br. The Morgan fingerprint density at radius 2 is 1.84 bits per heavy atom. The first kappa shape index (κ1) is 16.5. The molecule has 1 aromatic rings. The third-order valence-corrected chi connectivity index (χ3v) is 5.71. The van der Waals surface area contributed by atoms with Crippen LogP contribution in [-0.2, 0) is 9.59 Å². The molecule has 0 radical (unpaired) electrons. The normalized spacial score (nSPS) is 30.2. The van der Waals surface area contributed by atoms with E-state index in [9.17, 15) is 9.59 Å². The van der Waals surface area contributed by atoms with Crippen molar-refractivity contribution >= 4 is 34.0 Å². The van der Waals surface area contributed by atoms with Gasteiger partial charge in [0.05, 0.1) is 28.6 Å². The Morgan fingerprint density at radius 1 is 1.20 bits per heavy atom. The molecule has 1 saturated carbocycles. The summed E-state index contributed by atoms with van der Waals surface area (Å²) in [5.74, 6) is 0.393. The predicted octanol–water partition coefficient (Wildman–Crippen LogP) is 3.38. The van der Waals surface area contributed by atoms with Crippen molar-refractivity contribution in [3.8, 4) is 5.75 Å². The van der Waals surface area contributed by atoms with E-state index in [0.29, 0.717) is 0 Å². The molecule has 2 fully saturated rings.